The Balaban J connectivity index is 1.87. The standard InChI is InChI=1S/C19H30N2O3/c1-14(2)6-5-8-20-19(22)13-21-9-7-15-10-17(23-3)18(24-4)11-16(15)12-21/h10-11,14H,5-9,12-13H2,1-4H3,(H,20,22). The van der Waals surface area contributed by atoms with Crippen molar-refractivity contribution in [1.29, 1.82) is 0 Å². The largest absolute Gasteiger partial charge is 0.493 e. The van der Waals surface area contributed by atoms with Gasteiger partial charge in [0, 0.05) is 19.6 Å². The zero-order valence-corrected chi connectivity index (χ0v) is 15.4. The Hall–Kier alpha value is -1.75. The monoisotopic (exact) mass is 334 g/mol. The second-order valence-electron chi connectivity index (χ2n) is 6.82. The maximum Gasteiger partial charge on any atom is 0.234 e. The van der Waals surface area contributed by atoms with Crippen LogP contribution in [0.4, 0.5) is 0 Å². The van der Waals surface area contributed by atoms with E-state index in [1.165, 1.54) is 11.1 Å². The Labute approximate surface area is 145 Å². The van der Waals surface area contributed by atoms with E-state index < -0.39 is 0 Å². The van der Waals surface area contributed by atoms with Crippen molar-refractivity contribution in [3.63, 3.8) is 0 Å². The average Bonchev–Trinajstić information content (AvgIpc) is 2.57. The molecule has 1 aliphatic heterocycles. The summed E-state index contributed by atoms with van der Waals surface area (Å²) >= 11 is 0. The van der Waals surface area contributed by atoms with E-state index in [1.54, 1.807) is 14.2 Å². The van der Waals surface area contributed by atoms with Crippen LogP contribution >= 0.6 is 0 Å². The summed E-state index contributed by atoms with van der Waals surface area (Å²) < 4.78 is 10.7. The predicted octanol–water partition coefficient (Wildman–Crippen LogP) is 2.61. The molecular formula is C19H30N2O3. The highest BCUT2D eigenvalue weighted by Gasteiger charge is 2.20. The Kier molecular flexibility index (Phi) is 6.91. The summed E-state index contributed by atoms with van der Waals surface area (Å²) in [5, 5.41) is 3.02. The van der Waals surface area contributed by atoms with E-state index >= 15 is 0 Å². The molecule has 0 unspecified atom stereocenters. The van der Waals surface area contributed by atoms with Crippen LogP contribution in [0.3, 0.4) is 0 Å². The van der Waals surface area contributed by atoms with Crippen LogP contribution in [0.2, 0.25) is 0 Å². The van der Waals surface area contributed by atoms with Crippen LogP contribution in [-0.4, -0.2) is 44.7 Å². The summed E-state index contributed by atoms with van der Waals surface area (Å²) in [6.45, 7) is 7.30. The molecular weight excluding hydrogens is 304 g/mol. The smallest absolute Gasteiger partial charge is 0.234 e. The molecule has 0 fully saturated rings. The Bertz CT molecular complexity index is 558. The molecule has 0 atom stereocenters. The zero-order valence-electron chi connectivity index (χ0n) is 15.4. The van der Waals surface area contributed by atoms with Crippen molar-refractivity contribution < 1.29 is 14.3 Å². The van der Waals surface area contributed by atoms with E-state index in [0.29, 0.717) is 12.5 Å². The molecule has 1 heterocycles. The Morgan fingerprint density at radius 2 is 1.88 bits per heavy atom. The Morgan fingerprint density at radius 3 is 2.50 bits per heavy atom. The number of nitrogens with zero attached hydrogens (tertiary/aromatic N) is 1. The van der Waals surface area contributed by atoms with Gasteiger partial charge in [-0.25, -0.2) is 0 Å². The molecule has 0 radical (unpaired) electrons. The summed E-state index contributed by atoms with van der Waals surface area (Å²) in [6.07, 6.45) is 3.12. The first-order chi connectivity index (χ1) is 11.5. The summed E-state index contributed by atoms with van der Waals surface area (Å²) in [6, 6.07) is 4.08. The van der Waals surface area contributed by atoms with Crippen LogP contribution < -0.4 is 14.8 Å². The number of amides is 1. The van der Waals surface area contributed by atoms with Gasteiger partial charge >= 0.3 is 0 Å². The lowest BCUT2D eigenvalue weighted by atomic mass is 9.99. The van der Waals surface area contributed by atoms with Gasteiger partial charge in [-0.1, -0.05) is 13.8 Å². The van der Waals surface area contributed by atoms with E-state index in [2.05, 4.69) is 30.1 Å². The zero-order chi connectivity index (χ0) is 17.5. The molecule has 5 nitrogen and oxygen atoms in total. The van der Waals surface area contributed by atoms with Crippen molar-refractivity contribution in [3.05, 3.63) is 23.3 Å². The third-order valence-electron chi connectivity index (χ3n) is 4.44. The number of nitrogens with one attached hydrogen (secondary N) is 1. The first kappa shape index (κ1) is 18.6. The first-order valence-electron chi connectivity index (χ1n) is 8.76. The van der Waals surface area contributed by atoms with Crippen LogP contribution in [0.15, 0.2) is 12.1 Å². The van der Waals surface area contributed by atoms with Crippen LogP contribution in [0.25, 0.3) is 0 Å². The van der Waals surface area contributed by atoms with Gasteiger partial charge in [0.1, 0.15) is 0 Å². The molecule has 0 aliphatic carbocycles. The topological polar surface area (TPSA) is 50.8 Å². The molecule has 0 bridgehead atoms. The van der Waals surface area contributed by atoms with Gasteiger partial charge < -0.3 is 14.8 Å². The third-order valence-corrected chi connectivity index (χ3v) is 4.44. The molecule has 0 saturated heterocycles. The fourth-order valence-electron chi connectivity index (χ4n) is 3.07. The van der Waals surface area contributed by atoms with Gasteiger partial charge in [-0.3, -0.25) is 9.69 Å². The fraction of sp³-hybridized carbons (Fsp3) is 0.632. The molecule has 0 saturated carbocycles. The molecule has 1 aliphatic rings. The van der Waals surface area contributed by atoms with Gasteiger partial charge in [0.05, 0.1) is 20.8 Å². The number of carbonyl (C=O) groups excluding carboxylic acids is 1. The predicted molar refractivity (Wildman–Crippen MR) is 95.6 cm³/mol. The van der Waals surface area contributed by atoms with E-state index in [4.69, 9.17) is 9.47 Å². The third kappa shape index (κ3) is 5.13. The number of carbonyl (C=O) groups is 1. The normalized spacial score (nSPS) is 14.4. The van der Waals surface area contributed by atoms with Crippen molar-refractivity contribution in [2.24, 2.45) is 5.92 Å². The van der Waals surface area contributed by atoms with Crippen molar-refractivity contribution in [1.82, 2.24) is 10.2 Å². The van der Waals surface area contributed by atoms with Crippen molar-refractivity contribution in [2.75, 3.05) is 33.9 Å². The van der Waals surface area contributed by atoms with Crippen molar-refractivity contribution in [2.45, 2.75) is 39.7 Å². The molecule has 0 spiro atoms. The number of hydrogen-bond acceptors (Lipinski definition) is 4. The van der Waals surface area contributed by atoms with Gasteiger partial charge in [-0.2, -0.15) is 0 Å². The van der Waals surface area contributed by atoms with E-state index in [1.807, 2.05) is 6.07 Å². The number of hydrogen-bond donors (Lipinski definition) is 1. The SMILES string of the molecule is COc1cc2c(cc1OC)CN(CC(=O)NCCCC(C)C)CC2. The van der Waals surface area contributed by atoms with Crippen LogP contribution in [0.5, 0.6) is 11.5 Å². The minimum absolute atomic E-state index is 0.114. The fourth-order valence-corrected chi connectivity index (χ4v) is 3.07. The van der Waals surface area contributed by atoms with E-state index in [-0.39, 0.29) is 5.91 Å². The van der Waals surface area contributed by atoms with Crippen LogP contribution in [0.1, 0.15) is 37.8 Å². The summed E-state index contributed by atoms with van der Waals surface area (Å²) in [5.74, 6) is 2.32. The molecule has 1 amide bonds. The number of fused-ring (bicyclic) bond motifs is 1. The lowest BCUT2D eigenvalue weighted by molar-refractivity contribution is -0.122. The number of rotatable bonds is 8. The van der Waals surface area contributed by atoms with Gasteiger partial charge in [0.25, 0.3) is 0 Å². The lowest BCUT2D eigenvalue weighted by Gasteiger charge is -2.29. The summed E-state index contributed by atoms with van der Waals surface area (Å²) in [4.78, 5) is 14.3. The summed E-state index contributed by atoms with van der Waals surface area (Å²) in [7, 11) is 3.30. The second-order valence-corrected chi connectivity index (χ2v) is 6.82. The minimum atomic E-state index is 0.114. The highest BCUT2D eigenvalue weighted by Crippen LogP contribution is 2.33. The number of benzene rings is 1. The molecule has 24 heavy (non-hydrogen) atoms. The second kappa shape index (κ2) is 8.92. The molecule has 1 aromatic carbocycles. The molecule has 1 N–H and O–H groups in total. The molecule has 0 aromatic heterocycles. The molecule has 1 aromatic rings. The quantitative estimate of drug-likeness (QED) is 0.743. The van der Waals surface area contributed by atoms with Gasteiger partial charge in [0.15, 0.2) is 11.5 Å². The average molecular weight is 334 g/mol. The number of ether oxygens (including phenoxy) is 2. The van der Waals surface area contributed by atoms with Crippen LogP contribution in [0, 0.1) is 5.92 Å². The highest BCUT2D eigenvalue weighted by molar-refractivity contribution is 5.78. The number of methoxy groups -OCH3 is 2. The Morgan fingerprint density at radius 1 is 1.21 bits per heavy atom. The summed E-state index contributed by atoms with van der Waals surface area (Å²) in [5.41, 5.74) is 2.49. The lowest BCUT2D eigenvalue weighted by Crippen LogP contribution is -2.40. The van der Waals surface area contributed by atoms with E-state index in [0.717, 1.165) is 50.4 Å². The van der Waals surface area contributed by atoms with Gasteiger partial charge in [0.2, 0.25) is 5.91 Å². The maximum absolute atomic E-state index is 12.1. The van der Waals surface area contributed by atoms with E-state index in [9.17, 15) is 4.79 Å². The van der Waals surface area contributed by atoms with Crippen molar-refractivity contribution in [3.8, 4) is 11.5 Å². The van der Waals surface area contributed by atoms with Crippen LogP contribution in [-0.2, 0) is 17.8 Å². The highest BCUT2D eigenvalue weighted by atomic mass is 16.5. The maximum atomic E-state index is 12.1. The molecule has 2 rings (SSSR count). The first-order valence-corrected chi connectivity index (χ1v) is 8.76. The molecule has 5 heteroatoms. The van der Waals surface area contributed by atoms with Crippen molar-refractivity contribution >= 4 is 5.91 Å². The minimum Gasteiger partial charge on any atom is -0.493 e. The molecule has 134 valence electrons. The van der Waals surface area contributed by atoms with Gasteiger partial charge in [-0.05, 0) is 48.4 Å². The van der Waals surface area contributed by atoms with Gasteiger partial charge in [-0.15, -0.1) is 0 Å².